The highest BCUT2D eigenvalue weighted by atomic mass is 16.5. The molecule has 0 amide bonds. The molecule has 0 heterocycles. The molecule has 0 aromatic heterocycles. The maximum Gasteiger partial charge on any atom is 0.119 e. The van der Waals surface area contributed by atoms with Gasteiger partial charge in [-0.2, -0.15) is 0 Å². The van der Waals surface area contributed by atoms with Gasteiger partial charge in [0.05, 0.1) is 6.61 Å². The Balaban J connectivity index is 2.55. The lowest BCUT2D eigenvalue weighted by Gasteiger charge is -2.21. The second-order valence-electron chi connectivity index (χ2n) is 4.82. The van der Waals surface area contributed by atoms with Crippen LogP contribution in [0, 0.1) is 0 Å². The van der Waals surface area contributed by atoms with E-state index in [9.17, 15) is 0 Å². The average Bonchev–Trinajstić information content (AvgIpc) is 2.42. The first kappa shape index (κ1) is 15.0. The molecule has 18 heavy (non-hydrogen) atoms. The van der Waals surface area contributed by atoms with Crippen molar-refractivity contribution < 1.29 is 4.74 Å². The van der Waals surface area contributed by atoms with E-state index in [1.807, 2.05) is 0 Å². The van der Waals surface area contributed by atoms with E-state index in [-0.39, 0.29) is 0 Å². The summed E-state index contributed by atoms with van der Waals surface area (Å²) in [6.07, 6.45) is 3.41. The van der Waals surface area contributed by atoms with Crippen LogP contribution >= 0.6 is 0 Å². The molecule has 0 aliphatic rings. The summed E-state index contributed by atoms with van der Waals surface area (Å²) in [4.78, 5) is 0. The molecule has 1 aromatic carbocycles. The quantitative estimate of drug-likeness (QED) is 0.741. The molecular formula is C16H27NO. The van der Waals surface area contributed by atoms with Crippen LogP contribution in [-0.4, -0.2) is 12.6 Å². The molecule has 0 saturated carbocycles. The first-order valence-corrected chi connectivity index (χ1v) is 7.20. The summed E-state index contributed by atoms with van der Waals surface area (Å²) in [5.41, 5.74) is 1.32. The Labute approximate surface area is 112 Å². The minimum Gasteiger partial charge on any atom is -0.494 e. The fourth-order valence-corrected chi connectivity index (χ4v) is 2.05. The van der Waals surface area contributed by atoms with Crippen LogP contribution in [0.1, 0.15) is 58.6 Å². The minimum absolute atomic E-state index is 0.398. The van der Waals surface area contributed by atoms with E-state index in [1.165, 1.54) is 18.4 Å². The highest BCUT2D eigenvalue weighted by Crippen LogP contribution is 2.19. The molecule has 102 valence electrons. The predicted molar refractivity (Wildman–Crippen MR) is 78.1 cm³/mol. The second-order valence-corrected chi connectivity index (χ2v) is 4.82. The summed E-state index contributed by atoms with van der Waals surface area (Å²) in [5, 5.41) is 3.65. The van der Waals surface area contributed by atoms with Crippen LogP contribution in [0.15, 0.2) is 24.3 Å². The standard InChI is InChI=1S/C16H27NO/c1-5-12-18-16-10-8-14(9-11-16)13(4)17-15(6-2)7-3/h8-11,13,15,17H,5-7,12H2,1-4H3. The summed E-state index contributed by atoms with van der Waals surface area (Å²) in [5.74, 6) is 0.968. The molecule has 0 saturated heterocycles. The first-order valence-electron chi connectivity index (χ1n) is 7.20. The van der Waals surface area contributed by atoms with E-state index in [1.54, 1.807) is 0 Å². The van der Waals surface area contributed by atoms with Crippen LogP contribution in [0.4, 0.5) is 0 Å². The molecule has 1 unspecified atom stereocenters. The largest absolute Gasteiger partial charge is 0.494 e. The second kappa shape index (κ2) is 8.15. The third-order valence-corrected chi connectivity index (χ3v) is 3.32. The van der Waals surface area contributed by atoms with Crippen molar-refractivity contribution in [2.45, 2.75) is 59.0 Å². The maximum absolute atomic E-state index is 5.59. The predicted octanol–water partition coefficient (Wildman–Crippen LogP) is 4.31. The van der Waals surface area contributed by atoms with Crippen molar-refractivity contribution in [3.8, 4) is 5.75 Å². The third kappa shape index (κ3) is 4.69. The molecule has 1 atom stereocenters. The summed E-state index contributed by atoms with van der Waals surface area (Å²) in [6.45, 7) is 9.60. The van der Waals surface area contributed by atoms with E-state index >= 15 is 0 Å². The van der Waals surface area contributed by atoms with Gasteiger partial charge in [-0.25, -0.2) is 0 Å². The average molecular weight is 249 g/mol. The van der Waals surface area contributed by atoms with Gasteiger partial charge in [0.1, 0.15) is 5.75 Å². The molecule has 1 aromatic rings. The summed E-state index contributed by atoms with van der Waals surface area (Å²) < 4.78 is 5.59. The Morgan fingerprint density at radius 3 is 2.17 bits per heavy atom. The molecule has 0 spiro atoms. The lowest BCUT2D eigenvalue weighted by Crippen LogP contribution is -2.30. The lowest BCUT2D eigenvalue weighted by atomic mass is 10.1. The van der Waals surface area contributed by atoms with Crippen molar-refractivity contribution in [3.05, 3.63) is 29.8 Å². The molecule has 0 radical (unpaired) electrons. The van der Waals surface area contributed by atoms with Crippen molar-refractivity contribution >= 4 is 0 Å². The molecule has 0 fully saturated rings. The van der Waals surface area contributed by atoms with E-state index < -0.39 is 0 Å². The molecule has 2 heteroatoms. The topological polar surface area (TPSA) is 21.3 Å². The van der Waals surface area contributed by atoms with E-state index in [0.29, 0.717) is 12.1 Å². The Bertz CT molecular complexity index is 316. The zero-order valence-electron chi connectivity index (χ0n) is 12.2. The zero-order chi connectivity index (χ0) is 13.4. The van der Waals surface area contributed by atoms with Crippen molar-refractivity contribution in [2.75, 3.05) is 6.61 Å². The van der Waals surface area contributed by atoms with Crippen LogP contribution in [0.3, 0.4) is 0 Å². The molecule has 0 aliphatic heterocycles. The van der Waals surface area contributed by atoms with Crippen LogP contribution in [0.25, 0.3) is 0 Å². The molecule has 0 bridgehead atoms. The molecular weight excluding hydrogens is 222 g/mol. The van der Waals surface area contributed by atoms with Crippen LogP contribution in [0.5, 0.6) is 5.75 Å². The third-order valence-electron chi connectivity index (χ3n) is 3.32. The highest BCUT2D eigenvalue weighted by molar-refractivity contribution is 5.29. The molecule has 1 N–H and O–H groups in total. The summed E-state index contributed by atoms with van der Waals surface area (Å²) in [6, 6.07) is 9.45. The van der Waals surface area contributed by atoms with Crippen molar-refractivity contribution in [2.24, 2.45) is 0 Å². The van der Waals surface area contributed by atoms with Gasteiger partial charge in [-0.15, -0.1) is 0 Å². The van der Waals surface area contributed by atoms with Crippen molar-refractivity contribution in [1.82, 2.24) is 5.32 Å². The molecule has 1 rings (SSSR count). The van der Waals surface area contributed by atoms with Gasteiger partial charge >= 0.3 is 0 Å². The van der Waals surface area contributed by atoms with Crippen LogP contribution in [0.2, 0.25) is 0 Å². The number of rotatable bonds is 8. The number of nitrogens with one attached hydrogen (secondary N) is 1. The number of hydrogen-bond donors (Lipinski definition) is 1. The Morgan fingerprint density at radius 2 is 1.67 bits per heavy atom. The maximum atomic E-state index is 5.59. The smallest absolute Gasteiger partial charge is 0.119 e. The van der Waals surface area contributed by atoms with Gasteiger partial charge in [-0.05, 0) is 43.9 Å². The van der Waals surface area contributed by atoms with E-state index in [2.05, 4.69) is 57.3 Å². The van der Waals surface area contributed by atoms with Gasteiger partial charge in [-0.1, -0.05) is 32.9 Å². The fourth-order valence-electron chi connectivity index (χ4n) is 2.05. The summed E-state index contributed by atoms with van der Waals surface area (Å²) in [7, 11) is 0. The number of hydrogen-bond acceptors (Lipinski definition) is 2. The summed E-state index contributed by atoms with van der Waals surface area (Å²) >= 11 is 0. The van der Waals surface area contributed by atoms with Crippen LogP contribution in [-0.2, 0) is 0 Å². The van der Waals surface area contributed by atoms with E-state index in [4.69, 9.17) is 4.74 Å². The van der Waals surface area contributed by atoms with Gasteiger partial charge in [0.15, 0.2) is 0 Å². The Kier molecular flexibility index (Phi) is 6.81. The minimum atomic E-state index is 0.398. The van der Waals surface area contributed by atoms with Gasteiger partial charge in [0.2, 0.25) is 0 Å². The van der Waals surface area contributed by atoms with Gasteiger partial charge in [0, 0.05) is 12.1 Å². The molecule has 0 aliphatic carbocycles. The van der Waals surface area contributed by atoms with Gasteiger partial charge < -0.3 is 10.1 Å². The van der Waals surface area contributed by atoms with Crippen molar-refractivity contribution in [3.63, 3.8) is 0 Å². The van der Waals surface area contributed by atoms with E-state index in [0.717, 1.165) is 18.8 Å². The van der Waals surface area contributed by atoms with Gasteiger partial charge in [-0.3, -0.25) is 0 Å². The highest BCUT2D eigenvalue weighted by Gasteiger charge is 2.10. The fraction of sp³-hybridized carbons (Fsp3) is 0.625. The number of ether oxygens (including phenoxy) is 1. The normalized spacial score (nSPS) is 12.7. The van der Waals surface area contributed by atoms with Crippen LogP contribution < -0.4 is 10.1 Å². The monoisotopic (exact) mass is 249 g/mol. The lowest BCUT2D eigenvalue weighted by molar-refractivity contribution is 0.317. The zero-order valence-corrected chi connectivity index (χ0v) is 12.2. The Morgan fingerprint density at radius 1 is 1.06 bits per heavy atom. The molecule has 2 nitrogen and oxygen atoms in total. The first-order chi connectivity index (χ1) is 8.71. The number of benzene rings is 1. The SMILES string of the molecule is CCCOc1ccc(C(C)NC(CC)CC)cc1. The van der Waals surface area contributed by atoms with Gasteiger partial charge in [0.25, 0.3) is 0 Å². The van der Waals surface area contributed by atoms with Crippen molar-refractivity contribution in [1.29, 1.82) is 0 Å². The Hall–Kier alpha value is -1.02.